The zero-order chi connectivity index (χ0) is 16.7. The predicted molar refractivity (Wildman–Crippen MR) is 87.8 cm³/mol. The van der Waals surface area contributed by atoms with Crippen molar-refractivity contribution in [3.63, 3.8) is 0 Å². The van der Waals surface area contributed by atoms with Gasteiger partial charge in [0.2, 0.25) is 5.95 Å². The van der Waals surface area contributed by atoms with Crippen LogP contribution in [0.2, 0.25) is 0 Å². The van der Waals surface area contributed by atoms with Crippen LogP contribution in [0.5, 0.6) is 5.75 Å². The molecule has 0 radical (unpaired) electrons. The monoisotopic (exact) mass is 315 g/mol. The highest BCUT2D eigenvalue weighted by atomic mass is 16.5. The van der Waals surface area contributed by atoms with Crippen molar-refractivity contribution < 1.29 is 9.53 Å². The number of rotatable bonds is 7. The van der Waals surface area contributed by atoms with Crippen LogP contribution in [-0.4, -0.2) is 48.1 Å². The molecular weight excluding hydrogens is 294 g/mol. The number of nitrogens with one attached hydrogen (secondary N) is 1. The van der Waals surface area contributed by atoms with Crippen LogP contribution in [0.25, 0.3) is 0 Å². The first-order valence-electron chi connectivity index (χ1n) is 7.40. The molecule has 0 aliphatic carbocycles. The minimum absolute atomic E-state index is 0.172. The molecule has 0 aromatic carbocycles. The molecule has 0 atom stereocenters. The van der Waals surface area contributed by atoms with Crippen molar-refractivity contribution in [2.75, 3.05) is 32.1 Å². The number of hydrogen-bond donors (Lipinski definition) is 1. The Hall–Kier alpha value is -2.70. The van der Waals surface area contributed by atoms with Gasteiger partial charge in [0, 0.05) is 33.0 Å². The number of amides is 1. The molecule has 2 aromatic rings. The van der Waals surface area contributed by atoms with E-state index in [1.165, 1.54) is 0 Å². The molecule has 0 aliphatic rings. The van der Waals surface area contributed by atoms with Crippen LogP contribution < -0.4 is 15.0 Å². The van der Waals surface area contributed by atoms with E-state index in [1.807, 2.05) is 26.2 Å². The summed E-state index contributed by atoms with van der Waals surface area (Å²) in [5.41, 5.74) is 1.15. The molecule has 1 amide bonds. The van der Waals surface area contributed by atoms with Crippen molar-refractivity contribution in [2.24, 2.45) is 0 Å². The number of pyridine rings is 1. The molecule has 2 heterocycles. The third-order valence-electron chi connectivity index (χ3n) is 3.12. The maximum Gasteiger partial charge on any atom is 0.254 e. The number of carbonyl (C=O) groups is 1. The van der Waals surface area contributed by atoms with Gasteiger partial charge in [-0.25, -0.2) is 9.97 Å². The number of anilines is 1. The van der Waals surface area contributed by atoms with E-state index in [-0.39, 0.29) is 5.91 Å². The summed E-state index contributed by atoms with van der Waals surface area (Å²) in [5, 5.41) is 2.85. The van der Waals surface area contributed by atoms with Crippen molar-refractivity contribution in [3.8, 4) is 5.75 Å². The average Bonchev–Trinajstić information content (AvgIpc) is 2.55. The second-order valence-electron chi connectivity index (χ2n) is 5.21. The summed E-state index contributed by atoms with van der Waals surface area (Å²) >= 11 is 0. The van der Waals surface area contributed by atoms with E-state index in [4.69, 9.17) is 4.74 Å². The van der Waals surface area contributed by atoms with E-state index in [9.17, 15) is 4.79 Å². The molecule has 23 heavy (non-hydrogen) atoms. The van der Waals surface area contributed by atoms with Crippen LogP contribution in [0, 0.1) is 6.92 Å². The highest BCUT2D eigenvalue weighted by molar-refractivity contribution is 5.94. The van der Waals surface area contributed by atoms with Crippen molar-refractivity contribution in [1.82, 2.24) is 20.3 Å². The Balaban J connectivity index is 1.76. The van der Waals surface area contributed by atoms with Crippen molar-refractivity contribution in [2.45, 2.75) is 13.3 Å². The van der Waals surface area contributed by atoms with Gasteiger partial charge in [-0.3, -0.25) is 9.78 Å². The molecule has 7 nitrogen and oxygen atoms in total. The number of nitrogens with zero attached hydrogens (tertiary/aromatic N) is 4. The second-order valence-corrected chi connectivity index (χ2v) is 5.21. The summed E-state index contributed by atoms with van der Waals surface area (Å²) in [4.78, 5) is 26.4. The summed E-state index contributed by atoms with van der Waals surface area (Å²) in [6, 6.07) is 3.66. The lowest BCUT2D eigenvalue weighted by atomic mass is 10.2. The molecule has 0 saturated heterocycles. The fraction of sp³-hybridized carbons (Fsp3) is 0.375. The van der Waals surface area contributed by atoms with E-state index >= 15 is 0 Å². The lowest BCUT2D eigenvalue weighted by molar-refractivity contribution is 0.0950. The topological polar surface area (TPSA) is 80.2 Å². The number of aryl methyl sites for hydroxylation is 1. The molecule has 7 heteroatoms. The van der Waals surface area contributed by atoms with Crippen molar-refractivity contribution >= 4 is 11.9 Å². The van der Waals surface area contributed by atoms with Gasteiger partial charge in [0.15, 0.2) is 0 Å². The molecule has 0 fully saturated rings. The summed E-state index contributed by atoms with van der Waals surface area (Å²) in [6.45, 7) is 2.84. The van der Waals surface area contributed by atoms with Crippen LogP contribution in [0.15, 0.2) is 30.7 Å². The van der Waals surface area contributed by atoms with Crippen LogP contribution in [0.3, 0.4) is 0 Å². The molecule has 0 spiro atoms. The second kappa shape index (κ2) is 8.07. The molecular formula is C16H21N5O2. The number of carbonyl (C=O) groups excluding carboxylic acids is 1. The van der Waals surface area contributed by atoms with Crippen LogP contribution >= 0.6 is 0 Å². The Kier molecular flexibility index (Phi) is 5.85. The highest BCUT2D eigenvalue weighted by Gasteiger charge is 2.11. The van der Waals surface area contributed by atoms with Crippen LogP contribution in [-0.2, 0) is 0 Å². The fourth-order valence-corrected chi connectivity index (χ4v) is 1.89. The Morgan fingerprint density at radius 3 is 2.83 bits per heavy atom. The lowest BCUT2D eigenvalue weighted by Gasteiger charge is -2.12. The quantitative estimate of drug-likeness (QED) is 0.779. The zero-order valence-electron chi connectivity index (χ0n) is 13.6. The van der Waals surface area contributed by atoms with E-state index in [1.54, 1.807) is 30.4 Å². The standard InChI is InChI=1S/C16H21N5O2/c1-12-14(11-19-16(20-12)21(2)3)15(22)18-8-5-9-23-13-6-4-7-17-10-13/h4,6-7,10-11H,5,8-9H2,1-3H3,(H,18,22). The van der Waals surface area contributed by atoms with Gasteiger partial charge >= 0.3 is 0 Å². The molecule has 0 aliphatic heterocycles. The van der Waals surface area contributed by atoms with Gasteiger partial charge in [-0.1, -0.05) is 0 Å². The van der Waals surface area contributed by atoms with Gasteiger partial charge in [0.25, 0.3) is 5.91 Å². The zero-order valence-corrected chi connectivity index (χ0v) is 13.6. The molecule has 2 rings (SSSR count). The summed E-state index contributed by atoms with van der Waals surface area (Å²) in [5.74, 6) is 1.14. The number of ether oxygens (including phenoxy) is 1. The Bertz CT molecular complexity index is 646. The Morgan fingerprint density at radius 1 is 1.35 bits per heavy atom. The van der Waals surface area contributed by atoms with Crippen LogP contribution in [0.1, 0.15) is 22.5 Å². The number of hydrogen-bond acceptors (Lipinski definition) is 6. The summed E-state index contributed by atoms with van der Waals surface area (Å²) in [7, 11) is 3.72. The molecule has 2 aromatic heterocycles. The van der Waals surface area contributed by atoms with E-state index < -0.39 is 0 Å². The largest absolute Gasteiger partial charge is 0.492 e. The first-order chi connectivity index (χ1) is 11.1. The van der Waals surface area contributed by atoms with Gasteiger partial charge < -0.3 is 15.0 Å². The maximum absolute atomic E-state index is 12.1. The van der Waals surface area contributed by atoms with Gasteiger partial charge in [-0.2, -0.15) is 0 Å². The first-order valence-corrected chi connectivity index (χ1v) is 7.40. The molecule has 0 saturated carbocycles. The lowest BCUT2D eigenvalue weighted by Crippen LogP contribution is -2.27. The van der Waals surface area contributed by atoms with E-state index in [0.717, 1.165) is 5.75 Å². The van der Waals surface area contributed by atoms with Gasteiger partial charge in [0.1, 0.15) is 5.75 Å². The normalized spacial score (nSPS) is 10.2. The van der Waals surface area contributed by atoms with Crippen LogP contribution in [0.4, 0.5) is 5.95 Å². The summed E-state index contributed by atoms with van der Waals surface area (Å²) < 4.78 is 5.52. The van der Waals surface area contributed by atoms with E-state index in [0.29, 0.717) is 36.8 Å². The molecule has 122 valence electrons. The maximum atomic E-state index is 12.1. The SMILES string of the molecule is Cc1nc(N(C)C)ncc1C(=O)NCCCOc1cccnc1. The minimum atomic E-state index is -0.172. The fourth-order valence-electron chi connectivity index (χ4n) is 1.89. The molecule has 0 unspecified atom stereocenters. The van der Waals surface area contributed by atoms with Gasteiger partial charge in [-0.05, 0) is 25.5 Å². The van der Waals surface area contributed by atoms with Crippen molar-refractivity contribution in [1.29, 1.82) is 0 Å². The van der Waals surface area contributed by atoms with E-state index in [2.05, 4.69) is 20.3 Å². The Labute approximate surface area is 135 Å². The third kappa shape index (κ3) is 4.91. The third-order valence-corrected chi connectivity index (χ3v) is 3.12. The average molecular weight is 315 g/mol. The predicted octanol–water partition coefficient (Wildman–Crippen LogP) is 1.44. The van der Waals surface area contributed by atoms with Crippen molar-refractivity contribution in [3.05, 3.63) is 42.0 Å². The van der Waals surface area contributed by atoms with Gasteiger partial charge in [-0.15, -0.1) is 0 Å². The van der Waals surface area contributed by atoms with Gasteiger partial charge in [0.05, 0.1) is 24.1 Å². The highest BCUT2D eigenvalue weighted by Crippen LogP contribution is 2.09. The Morgan fingerprint density at radius 2 is 2.17 bits per heavy atom. The molecule has 0 bridgehead atoms. The minimum Gasteiger partial charge on any atom is -0.492 e. The summed E-state index contributed by atoms with van der Waals surface area (Å²) in [6.07, 6.45) is 5.61. The first kappa shape index (κ1) is 16.7. The smallest absolute Gasteiger partial charge is 0.254 e. The molecule has 1 N–H and O–H groups in total. The number of aromatic nitrogens is 3.